The number of likely N-dealkylation sites (tertiary alicyclic amines) is 1. The van der Waals surface area contributed by atoms with Crippen molar-refractivity contribution >= 4 is 29.2 Å². The standard InChI is InChI=1S/C15H17ClN2O5/c1-10-3-2-6-17(8-10)14(19)9-23-15(20)12-5-4-11(16)7-13(12)18(21)22/h4-5,7,10H,2-3,6,8-9H2,1H3/t10-/m0/s1. The number of carbonyl (C=O) groups is 2. The zero-order chi connectivity index (χ0) is 17.0. The minimum absolute atomic E-state index is 0.145. The SMILES string of the molecule is C[C@H]1CCCN(C(=O)COC(=O)c2ccc(Cl)cc2[N+](=O)[O-])C1. The topological polar surface area (TPSA) is 89.8 Å². The second kappa shape index (κ2) is 7.41. The molecule has 2 rings (SSSR count). The Kier molecular flexibility index (Phi) is 5.54. The molecule has 0 saturated carbocycles. The molecule has 0 radical (unpaired) electrons. The van der Waals surface area contributed by atoms with Crippen LogP contribution in [0.3, 0.4) is 0 Å². The number of carbonyl (C=O) groups excluding carboxylic acids is 2. The number of hydrogen-bond acceptors (Lipinski definition) is 5. The van der Waals surface area contributed by atoms with E-state index in [4.69, 9.17) is 16.3 Å². The van der Waals surface area contributed by atoms with E-state index in [9.17, 15) is 19.7 Å². The van der Waals surface area contributed by atoms with Crippen LogP contribution in [0.5, 0.6) is 0 Å². The lowest BCUT2D eigenvalue weighted by Gasteiger charge is -2.30. The highest BCUT2D eigenvalue weighted by molar-refractivity contribution is 6.31. The number of nitro groups is 1. The number of piperidine rings is 1. The van der Waals surface area contributed by atoms with Gasteiger partial charge in [-0.05, 0) is 30.9 Å². The van der Waals surface area contributed by atoms with Crippen molar-refractivity contribution in [2.75, 3.05) is 19.7 Å². The van der Waals surface area contributed by atoms with E-state index in [1.165, 1.54) is 12.1 Å². The summed E-state index contributed by atoms with van der Waals surface area (Å²) in [5, 5.41) is 11.1. The molecular formula is C15H17ClN2O5. The summed E-state index contributed by atoms with van der Waals surface area (Å²) in [6.07, 6.45) is 1.99. The van der Waals surface area contributed by atoms with E-state index >= 15 is 0 Å². The van der Waals surface area contributed by atoms with E-state index in [1.54, 1.807) is 4.90 Å². The lowest BCUT2D eigenvalue weighted by atomic mass is 10.0. The van der Waals surface area contributed by atoms with Crippen LogP contribution < -0.4 is 0 Å². The van der Waals surface area contributed by atoms with Gasteiger partial charge in [0.2, 0.25) is 0 Å². The summed E-state index contributed by atoms with van der Waals surface area (Å²) in [7, 11) is 0. The van der Waals surface area contributed by atoms with Crippen LogP contribution in [-0.4, -0.2) is 41.4 Å². The van der Waals surface area contributed by atoms with Gasteiger partial charge in [-0.1, -0.05) is 18.5 Å². The Hall–Kier alpha value is -2.15. The van der Waals surface area contributed by atoms with Crippen molar-refractivity contribution in [2.45, 2.75) is 19.8 Å². The van der Waals surface area contributed by atoms with Gasteiger partial charge in [0, 0.05) is 24.2 Å². The Balaban J connectivity index is 2.00. The number of rotatable bonds is 4. The predicted molar refractivity (Wildman–Crippen MR) is 83.4 cm³/mol. The summed E-state index contributed by atoms with van der Waals surface area (Å²) in [6, 6.07) is 3.65. The van der Waals surface area contributed by atoms with E-state index in [0.29, 0.717) is 19.0 Å². The second-order valence-corrected chi connectivity index (χ2v) is 6.02. The summed E-state index contributed by atoms with van der Waals surface area (Å²) >= 11 is 5.69. The third-order valence-corrected chi connectivity index (χ3v) is 3.95. The Morgan fingerprint density at radius 2 is 2.22 bits per heavy atom. The monoisotopic (exact) mass is 340 g/mol. The molecular weight excluding hydrogens is 324 g/mol. The van der Waals surface area contributed by atoms with Gasteiger partial charge in [0.25, 0.3) is 11.6 Å². The average Bonchev–Trinajstić information content (AvgIpc) is 2.52. The fourth-order valence-electron chi connectivity index (χ4n) is 2.54. The number of esters is 1. The molecule has 1 saturated heterocycles. The minimum Gasteiger partial charge on any atom is -0.452 e. The molecule has 7 nitrogen and oxygen atoms in total. The van der Waals surface area contributed by atoms with Crippen molar-refractivity contribution in [1.29, 1.82) is 0 Å². The molecule has 0 bridgehead atoms. The van der Waals surface area contributed by atoms with Crippen LogP contribution in [0.15, 0.2) is 18.2 Å². The normalized spacial score (nSPS) is 17.7. The van der Waals surface area contributed by atoms with Crippen LogP contribution in [0.2, 0.25) is 5.02 Å². The average molecular weight is 341 g/mol. The number of amides is 1. The van der Waals surface area contributed by atoms with Crippen LogP contribution in [0.25, 0.3) is 0 Å². The fourth-order valence-corrected chi connectivity index (χ4v) is 2.71. The van der Waals surface area contributed by atoms with Gasteiger partial charge in [-0.2, -0.15) is 0 Å². The van der Waals surface area contributed by atoms with Crippen molar-refractivity contribution in [3.05, 3.63) is 38.9 Å². The molecule has 0 spiro atoms. The molecule has 1 aromatic rings. The molecule has 0 aromatic heterocycles. The van der Waals surface area contributed by atoms with Gasteiger partial charge in [-0.25, -0.2) is 4.79 Å². The largest absolute Gasteiger partial charge is 0.452 e. The molecule has 1 atom stereocenters. The molecule has 1 heterocycles. The highest BCUT2D eigenvalue weighted by atomic mass is 35.5. The Morgan fingerprint density at radius 3 is 2.87 bits per heavy atom. The third kappa shape index (κ3) is 4.41. The first-order valence-corrected chi connectivity index (χ1v) is 7.65. The van der Waals surface area contributed by atoms with Gasteiger partial charge in [0.05, 0.1) is 4.92 Å². The van der Waals surface area contributed by atoms with Crippen molar-refractivity contribution in [1.82, 2.24) is 4.90 Å². The molecule has 1 fully saturated rings. The summed E-state index contributed by atoms with van der Waals surface area (Å²) < 4.78 is 4.93. The minimum atomic E-state index is -0.910. The van der Waals surface area contributed by atoms with Gasteiger partial charge in [-0.3, -0.25) is 14.9 Å². The lowest BCUT2D eigenvalue weighted by Crippen LogP contribution is -2.41. The molecule has 8 heteroatoms. The number of hydrogen-bond donors (Lipinski definition) is 0. The van der Waals surface area contributed by atoms with Crippen molar-refractivity contribution in [3.63, 3.8) is 0 Å². The zero-order valence-corrected chi connectivity index (χ0v) is 13.4. The van der Waals surface area contributed by atoms with Crippen LogP contribution in [-0.2, 0) is 9.53 Å². The summed E-state index contributed by atoms with van der Waals surface area (Å²) in [4.78, 5) is 35.9. The predicted octanol–water partition coefficient (Wildman–Crippen LogP) is 2.66. The maximum absolute atomic E-state index is 12.0. The summed E-state index contributed by atoms with van der Waals surface area (Å²) in [5.41, 5.74) is -0.666. The van der Waals surface area contributed by atoms with E-state index in [2.05, 4.69) is 6.92 Å². The first-order chi connectivity index (χ1) is 10.9. The summed E-state index contributed by atoms with van der Waals surface area (Å²) in [5.74, 6) is -0.783. The smallest absolute Gasteiger partial charge is 0.345 e. The van der Waals surface area contributed by atoms with Crippen molar-refractivity contribution in [3.8, 4) is 0 Å². The number of nitrogens with zero attached hydrogens (tertiary/aromatic N) is 2. The van der Waals surface area contributed by atoms with Crippen molar-refractivity contribution < 1.29 is 19.2 Å². The molecule has 0 aliphatic carbocycles. The van der Waals surface area contributed by atoms with E-state index < -0.39 is 23.2 Å². The van der Waals surface area contributed by atoms with Crippen molar-refractivity contribution in [2.24, 2.45) is 5.92 Å². The maximum Gasteiger partial charge on any atom is 0.345 e. The maximum atomic E-state index is 12.0. The first kappa shape index (κ1) is 17.2. The molecule has 124 valence electrons. The third-order valence-electron chi connectivity index (χ3n) is 3.71. The quantitative estimate of drug-likeness (QED) is 0.477. The Bertz CT molecular complexity index is 634. The molecule has 1 aliphatic rings. The number of benzene rings is 1. The zero-order valence-electron chi connectivity index (χ0n) is 12.7. The lowest BCUT2D eigenvalue weighted by molar-refractivity contribution is -0.385. The molecule has 23 heavy (non-hydrogen) atoms. The Morgan fingerprint density at radius 1 is 1.48 bits per heavy atom. The van der Waals surface area contributed by atoms with E-state index in [1.807, 2.05) is 0 Å². The van der Waals surface area contributed by atoms with E-state index in [-0.39, 0.29) is 16.5 Å². The van der Waals surface area contributed by atoms with Gasteiger partial charge in [0.1, 0.15) is 5.56 Å². The molecule has 1 amide bonds. The fraction of sp³-hybridized carbons (Fsp3) is 0.467. The molecule has 1 aromatic carbocycles. The molecule has 0 N–H and O–H groups in total. The highest BCUT2D eigenvalue weighted by Crippen LogP contribution is 2.24. The number of halogens is 1. The highest BCUT2D eigenvalue weighted by Gasteiger charge is 2.25. The van der Waals surface area contributed by atoms with Crippen LogP contribution in [0.4, 0.5) is 5.69 Å². The van der Waals surface area contributed by atoms with Crippen LogP contribution in [0, 0.1) is 16.0 Å². The second-order valence-electron chi connectivity index (χ2n) is 5.58. The van der Waals surface area contributed by atoms with Crippen LogP contribution >= 0.6 is 11.6 Å². The van der Waals surface area contributed by atoms with E-state index in [0.717, 1.165) is 18.9 Å². The van der Waals surface area contributed by atoms with Gasteiger partial charge >= 0.3 is 5.97 Å². The molecule has 1 aliphatic heterocycles. The number of nitro benzene ring substituents is 1. The van der Waals surface area contributed by atoms with Gasteiger partial charge < -0.3 is 9.64 Å². The number of ether oxygens (including phenoxy) is 1. The first-order valence-electron chi connectivity index (χ1n) is 7.27. The summed E-state index contributed by atoms with van der Waals surface area (Å²) in [6.45, 7) is 2.91. The van der Waals surface area contributed by atoms with Gasteiger partial charge in [-0.15, -0.1) is 0 Å². The van der Waals surface area contributed by atoms with Gasteiger partial charge in [0.15, 0.2) is 6.61 Å². The van der Waals surface area contributed by atoms with Crippen LogP contribution in [0.1, 0.15) is 30.1 Å². The Labute approximate surface area is 138 Å². The molecule has 0 unspecified atom stereocenters.